The topological polar surface area (TPSA) is 34.2 Å². The number of nitrogens with one attached hydrogen (secondary N) is 1. The van der Waals surface area contributed by atoms with E-state index in [0.29, 0.717) is 12.0 Å². The molecule has 0 spiro atoms. The van der Waals surface area contributed by atoms with Crippen molar-refractivity contribution in [1.29, 1.82) is 0 Å². The van der Waals surface area contributed by atoms with Crippen LogP contribution in [0.5, 0.6) is 5.75 Å². The van der Waals surface area contributed by atoms with Gasteiger partial charge < -0.3 is 14.5 Å². The van der Waals surface area contributed by atoms with Crippen LogP contribution < -0.4 is 4.74 Å². The molecule has 1 unspecified atom stereocenters. The third-order valence-electron chi connectivity index (χ3n) is 6.75. The number of ether oxygens (including phenoxy) is 2. The molecular formula is C30H31NO2. The molecule has 1 heterocycles. The first-order valence-corrected chi connectivity index (χ1v) is 11.9. The van der Waals surface area contributed by atoms with Gasteiger partial charge >= 0.3 is 0 Å². The summed E-state index contributed by atoms with van der Waals surface area (Å²) in [6.07, 6.45) is 10.0. The van der Waals surface area contributed by atoms with E-state index in [9.17, 15) is 0 Å². The molecule has 0 fully saturated rings. The Labute approximate surface area is 195 Å². The number of hydrogen-bond donors (Lipinski definition) is 1. The van der Waals surface area contributed by atoms with E-state index in [1.54, 1.807) is 7.11 Å². The Kier molecular flexibility index (Phi) is 5.95. The number of methoxy groups -OCH3 is 1. The van der Waals surface area contributed by atoms with Crippen LogP contribution in [0.2, 0.25) is 0 Å². The zero-order valence-electron chi connectivity index (χ0n) is 19.6. The summed E-state index contributed by atoms with van der Waals surface area (Å²) < 4.78 is 11.4. The fourth-order valence-corrected chi connectivity index (χ4v) is 4.69. The largest absolute Gasteiger partial charge is 0.497 e. The highest BCUT2D eigenvalue weighted by atomic mass is 16.5. The van der Waals surface area contributed by atoms with Gasteiger partial charge in [-0.05, 0) is 84.5 Å². The average molecular weight is 438 g/mol. The van der Waals surface area contributed by atoms with Crippen LogP contribution in [0.25, 0.3) is 32.9 Å². The number of aromatic amines is 1. The summed E-state index contributed by atoms with van der Waals surface area (Å²) >= 11 is 0. The van der Waals surface area contributed by atoms with Gasteiger partial charge in [-0.25, -0.2) is 0 Å². The third-order valence-corrected chi connectivity index (χ3v) is 6.75. The molecule has 1 aliphatic carbocycles. The van der Waals surface area contributed by atoms with Crippen molar-refractivity contribution in [3.05, 3.63) is 90.2 Å². The molecular weight excluding hydrogens is 406 g/mol. The van der Waals surface area contributed by atoms with Crippen molar-refractivity contribution in [1.82, 2.24) is 4.98 Å². The molecule has 0 radical (unpaired) electrons. The highest BCUT2D eigenvalue weighted by molar-refractivity contribution is 6.08. The molecule has 1 N–H and O–H groups in total. The summed E-state index contributed by atoms with van der Waals surface area (Å²) in [4.78, 5) is 3.58. The molecule has 4 aromatic rings. The molecule has 1 aliphatic rings. The molecule has 3 heteroatoms. The number of rotatable bonds is 7. The van der Waals surface area contributed by atoms with Crippen LogP contribution in [-0.4, -0.2) is 18.2 Å². The van der Waals surface area contributed by atoms with Crippen LogP contribution in [0.15, 0.2) is 84.7 Å². The van der Waals surface area contributed by atoms with Gasteiger partial charge in [0, 0.05) is 27.7 Å². The van der Waals surface area contributed by atoms with Crippen LogP contribution in [0.3, 0.4) is 0 Å². The van der Waals surface area contributed by atoms with Gasteiger partial charge in [0.25, 0.3) is 0 Å². The van der Waals surface area contributed by atoms with Crippen LogP contribution >= 0.6 is 0 Å². The van der Waals surface area contributed by atoms with E-state index in [1.807, 2.05) is 12.1 Å². The highest BCUT2D eigenvalue weighted by Crippen LogP contribution is 2.34. The Morgan fingerprint density at radius 3 is 2.24 bits per heavy atom. The van der Waals surface area contributed by atoms with Gasteiger partial charge in [-0.2, -0.15) is 0 Å². The quantitative estimate of drug-likeness (QED) is 0.317. The van der Waals surface area contributed by atoms with E-state index in [-0.39, 0.29) is 0 Å². The van der Waals surface area contributed by atoms with Gasteiger partial charge in [0.2, 0.25) is 0 Å². The van der Waals surface area contributed by atoms with E-state index < -0.39 is 0 Å². The van der Waals surface area contributed by atoms with Crippen molar-refractivity contribution in [2.45, 2.75) is 45.1 Å². The molecule has 1 aromatic heterocycles. The second-order valence-corrected chi connectivity index (χ2v) is 8.78. The Morgan fingerprint density at radius 1 is 0.879 bits per heavy atom. The first kappa shape index (κ1) is 21.4. The minimum absolute atomic E-state index is 0.305. The van der Waals surface area contributed by atoms with Gasteiger partial charge in [-0.1, -0.05) is 44.2 Å². The molecule has 3 nitrogen and oxygen atoms in total. The van der Waals surface area contributed by atoms with E-state index in [4.69, 9.17) is 9.47 Å². The summed E-state index contributed by atoms with van der Waals surface area (Å²) in [5.74, 6) is 2.26. The first-order valence-electron chi connectivity index (χ1n) is 11.9. The fraction of sp³-hybridized carbons (Fsp3) is 0.267. The lowest BCUT2D eigenvalue weighted by atomic mass is 9.91. The number of aromatic nitrogens is 1. The van der Waals surface area contributed by atoms with Crippen molar-refractivity contribution in [3.63, 3.8) is 0 Å². The molecule has 168 valence electrons. The molecule has 0 bridgehead atoms. The molecule has 0 amide bonds. The molecule has 0 saturated heterocycles. The van der Waals surface area contributed by atoms with E-state index in [2.05, 4.69) is 85.6 Å². The zero-order valence-corrected chi connectivity index (χ0v) is 19.6. The maximum atomic E-state index is 6.12. The van der Waals surface area contributed by atoms with E-state index in [0.717, 1.165) is 30.8 Å². The minimum atomic E-state index is 0.305. The normalized spacial score (nSPS) is 15.9. The lowest BCUT2D eigenvalue weighted by molar-refractivity contribution is 0.116. The van der Waals surface area contributed by atoms with Crippen molar-refractivity contribution in [2.24, 2.45) is 0 Å². The second kappa shape index (κ2) is 9.19. The molecule has 1 atom stereocenters. The van der Waals surface area contributed by atoms with Crippen LogP contribution in [0.4, 0.5) is 0 Å². The predicted octanol–water partition coefficient (Wildman–Crippen LogP) is 8.13. The van der Waals surface area contributed by atoms with Gasteiger partial charge in [-0.3, -0.25) is 0 Å². The van der Waals surface area contributed by atoms with Gasteiger partial charge in [0.05, 0.1) is 13.2 Å². The van der Waals surface area contributed by atoms with Gasteiger partial charge in [0.15, 0.2) is 0 Å². The molecule has 33 heavy (non-hydrogen) atoms. The van der Waals surface area contributed by atoms with Crippen molar-refractivity contribution >= 4 is 21.8 Å². The van der Waals surface area contributed by atoms with Crippen LogP contribution in [0, 0.1) is 0 Å². The smallest absolute Gasteiger partial charge is 0.118 e. The number of hydrogen-bond acceptors (Lipinski definition) is 2. The average Bonchev–Trinajstić information content (AvgIpc) is 3.25. The minimum Gasteiger partial charge on any atom is -0.497 e. The SMILES string of the molecule is CCC(CC)OC1=CCC(c2ccc3[nH]c4ccc(-c5ccc(OC)cc5)cc4c3c2)C=C1. The monoisotopic (exact) mass is 437 g/mol. The lowest BCUT2D eigenvalue weighted by Crippen LogP contribution is -2.10. The summed E-state index contributed by atoms with van der Waals surface area (Å²) in [6, 6.07) is 21.7. The third kappa shape index (κ3) is 4.28. The molecule has 3 aromatic carbocycles. The fourth-order valence-electron chi connectivity index (χ4n) is 4.69. The van der Waals surface area contributed by atoms with E-state index in [1.165, 1.54) is 38.5 Å². The molecule has 0 aliphatic heterocycles. The number of allylic oxidation sites excluding steroid dienone is 3. The van der Waals surface area contributed by atoms with E-state index >= 15 is 0 Å². The Hall–Kier alpha value is -3.46. The Morgan fingerprint density at radius 2 is 1.58 bits per heavy atom. The Bertz CT molecular complexity index is 1320. The maximum absolute atomic E-state index is 6.12. The number of H-pyrrole nitrogens is 1. The zero-order chi connectivity index (χ0) is 22.8. The number of fused-ring (bicyclic) bond motifs is 3. The van der Waals surface area contributed by atoms with Crippen molar-refractivity contribution in [2.75, 3.05) is 7.11 Å². The maximum Gasteiger partial charge on any atom is 0.118 e. The summed E-state index contributed by atoms with van der Waals surface area (Å²) in [6.45, 7) is 4.36. The highest BCUT2D eigenvalue weighted by Gasteiger charge is 2.16. The van der Waals surface area contributed by atoms with Gasteiger partial charge in [-0.15, -0.1) is 0 Å². The predicted molar refractivity (Wildman–Crippen MR) is 138 cm³/mol. The first-order chi connectivity index (χ1) is 16.2. The molecule has 0 saturated carbocycles. The number of benzene rings is 3. The van der Waals surface area contributed by atoms with Gasteiger partial charge in [0.1, 0.15) is 11.5 Å². The van der Waals surface area contributed by atoms with Crippen LogP contribution in [-0.2, 0) is 4.74 Å². The van der Waals surface area contributed by atoms with Crippen LogP contribution in [0.1, 0.15) is 44.6 Å². The Balaban J connectivity index is 1.44. The summed E-state index contributed by atoms with van der Waals surface area (Å²) in [5, 5.41) is 2.53. The van der Waals surface area contributed by atoms with Crippen molar-refractivity contribution in [3.8, 4) is 16.9 Å². The molecule has 5 rings (SSSR count). The lowest BCUT2D eigenvalue weighted by Gasteiger charge is -2.21. The van der Waals surface area contributed by atoms with Crippen molar-refractivity contribution < 1.29 is 9.47 Å². The summed E-state index contributed by atoms with van der Waals surface area (Å²) in [7, 11) is 1.70. The summed E-state index contributed by atoms with van der Waals surface area (Å²) in [5.41, 5.74) is 6.08. The standard InChI is InChI=1S/C30H31NO2/c1-4-24(5-2)33-26-14-8-21(9-15-26)23-11-17-30-28(19-23)27-18-22(10-16-29(27)31-30)20-6-12-25(32-3)13-7-20/h6-8,10-19,21,24,31H,4-5,9H2,1-3H3. The second-order valence-electron chi connectivity index (χ2n) is 8.78.